The Kier molecular flexibility index (Phi) is 4.65. The summed E-state index contributed by atoms with van der Waals surface area (Å²) in [6.45, 7) is 12.1. The third kappa shape index (κ3) is 3.16. The molecular formula is C19H19NO3. The highest BCUT2D eigenvalue weighted by molar-refractivity contribution is 6.11. The van der Waals surface area contributed by atoms with Gasteiger partial charge in [0.05, 0.1) is 12.1 Å². The molecule has 0 spiro atoms. The van der Waals surface area contributed by atoms with E-state index in [-0.39, 0.29) is 11.5 Å². The maximum absolute atomic E-state index is 12.8. The Labute approximate surface area is 135 Å². The molecule has 1 aromatic carbocycles. The first-order valence-corrected chi connectivity index (χ1v) is 7.23. The van der Waals surface area contributed by atoms with Crippen molar-refractivity contribution < 1.29 is 14.7 Å². The predicted molar refractivity (Wildman–Crippen MR) is 91.5 cm³/mol. The number of amides is 1. The highest BCUT2D eigenvalue weighted by Gasteiger charge is 2.29. The van der Waals surface area contributed by atoms with Gasteiger partial charge in [-0.3, -0.25) is 4.79 Å². The fraction of sp³-hybridized carbons (Fsp3) is 0.158. The maximum Gasteiger partial charge on any atom is 0.335 e. The van der Waals surface area contributed by atoms with Crippen LogP contribution in [0.2, 0.25) is 0 Å². The Morgan fingerprint density at radius 3 is 2.39 bits per heavy atom. The number of hydrogen-bond donors (Lipinski definition) is 1. The summed E-state index contributed by atoms with van der Waals surface area (Å²) < 4.78 is 0. The van der Waals surface area contributed by atoms with E-state index in [0.29, 0.717) is 17.8 Å². The van der Waals surface area contributed by atoms with Gasteiger partial charge in [0, 0.05) is 11.3 Å². The van der Waals surface area contributed by atoms with E-state index in [4.69, 9.17) is 5.11 Å². The lowest BCUT2D eigenvalue weighted by Gasteiger charge is -2.31. The van der Waals surface area contributed by atoms with E-state index in [9.17, 15) is 9.59 Å². The number of benzene rings is 1. The second-order valence-corrected chi connectivity index (χ2v) is 5.42. The number of hydrogen-bond acceptors (Lipinski definition) is 2. The van der Waals surface area contributed by atoms with Gasteiger partial charge in [0.25, 0.3) is 5.91 Å². The summed E-state index contributed by atoms with van der Waals surface area (Å²) in [5.41, 5.74) is 3.79. The van der Waals surface area contributed by atoms with Crippen molar-refractivity contribution in [2.24, 2.45) is 0 Å². The lowest BCUT2D eigenvalue weighted by atomic mass is 9.90. The number of anilines is 1. The molecule has 0 saturated heterocycles. The lowest BCUT2D eigenvalue weighted by molar-refractivity contribution is -0.115. The summed E-state index contributed by atoms with van der Waals surface area (Å²) in [4.78, 5) is 25.3. The molecule has 0 bridgehead atoms. The molecule has 0 fully saturated rings. The van der Waals surface area contributed by atoms with Crippen LogP contribution in [-0.2, 0) is 4.79 Å². The fourth-order valence-corrected chi connectivity index (χ4v) is 2.63. The van der Waals surface area contributed by atoms with Crippen LogP contribution >= 0.6 is 0 Å². The quantitative estimate of drug-likeness (QED) is 0.922. The Balaban J connectivity index is 2.47. The number of carbonyl (C=O) groups is 2. The van der Waals surface area contributed by atoms with E-state index in [2.05, 4.69) is 13.2 Å². The molecule has 4 nitrogen and oxygen atoms in total. The first kappa shape index (κ1) is 16.5. The third-order valence-corrected chi connectivity index (χ3v) is 3.63. The van der Waals surface area contributed by atoms with E-state index in [1.807, 2.05) is 13.8 Å². The monoisotopic (exact) mass is 309 g/mol. The van der Waals surface area contributed by atoms with Gasteiger partial charge in [0.2, 0.25) is 0 Å². The van der Waals surface area contributed by atoms with Gasteiger partial charge in [-0.1, -0.05) is 25.3 Å². The van der Waals surface area contributed by atoms with Crippen LogP contribution < -0.4 is 4.90 Å². The van der Waals surface area contributed by atoms with Gasteiger partial charge in [-0.25, -0.2) is 4.79 Å². The molecule has 0 unspecified atom stereocenters. The zero-order valence-corrected chi connectivity index (χ0v) is 13.3. The average Bonchev–Trinajstić information content (AvgIpc) is 2.50. The number of nitrogens with zero attached hydrogens (tertiary/aromatic N) is 1. The van der Waals surface area contributed by atoms with Gasteiger partial charge in [-0.2, -0.15) is 0 Å². The second-order valence-electron chi connectivity index (χ2n) is 5.42. The third-order valence-electron chi connectivity index (χ3n) is 3.63. The molecule has 2 rings (SSSR count). The van der Waals surface area contributed by atoms with Crippen molar-refractivity contribution in [3.05, 3.63) is 77.4 Å². The molecule has 0 atom stereocenters. The van der Waals surface area contributed by atoms with Crippen LogP contribution in [0.1, 0.15) is 24.2 Å². The van der Waals surface area contributed by atoms with Crippen LogP contribution in [0.3, 0.4) is 0 Å². The Hall–Kier alpha value is -2.88. The highest BCUT2D eigenvalue weighted by atomic mass is 16.4. The topological polar surface area (TPSA) is 57.6 Å². The van der Waals surface area contributed by atoms with Crippen molar-refractivity contribution in [2.75, 3.05) is 11.4 Å². The fourth-order valence-electron chi connectivity index (χ4n) is 2.63. The van der Waals surface area contributed by atoms with Crippen molar-refractivity contribution in [3.63, 3.8) is 0 Å². The summed E-state index contributed by atoms with van der Waals surface area (Å²) in [6, 6.07) is 6.24. The van der Waals surface area contributed by atoms with E-state index in [1.54, 1.807) is 29.2 Å². The number of carbonyl (C=O) groups excluding carboxylic acids is 1. The Bertz CT molecular complexity index is 751. The predicted octanol–water partition coefficient (Wildman–Crippen LogP) is 3.74. The molecule has 4 heteroatoms. The van der Waals surface area contributed by atoms with Crippen LogP contribution in [0.4, 0.5) is 5.69 Å². The number of carboxylic acid groups (broad SMARTS) is 1. The van der Waals surface area contributed by atoms with Gasteiger partial charge in [-0.05, 0) is 54.8 Å². The molecule has 0 aromatic heterocycles. The lowest BCUT2D eigenvalue weighted by Crippen LogP contribution is -2.38. The zero-order chi connectivity index (χ0) is 17.1. The van der Waals surface area contributed by atoms with Gasteiger partial charge in [-0.15, -0.1) is 0 Å². The van der Waals surface area contributed by atoms with Crippen molar-refractivity contribution in [1.29, 1.82) is 0 Å². The minimum atomic E-state index is -0.995. The van der Waals surface area contributed by atoms with E-state index in [0.717, 1.165) is 16.7 Å². The van der Waals surface area contributed by atoms with Crippen LogP contribution in [0.25, 0.3) is 0 Å². The minimum absolute atomic E-state index is 0.142. The molecule has 1 aliphatic rings. The van der Waals surface area contributed by atoms with Crippen LogP contribution in [0.15, 0.2) is 71.9 Å². The largest absolute Gasteiger partial charge is 0.478 e. The number of aromatic carboxylic acids is 1. The smallest absolute Gasteiger partial charge is 0.335 e. The molecule has 0 radical (unpaired) electrons. The van der Waals surface area contributed by atoms with Gasteiger partial charge >= 0.3 is 5.97 Å². The molecule has 1 aromatic rings. The number of rotatable bonds is 4. The first-order valence-electron chi connectivity index (χ1n) is 7.23. The Morgan fingerprint density at radius 2 is 1.91 bits per heavy atom. The van der Waals surface area contributed by atoms with Gasteiger partial charge in [0.15, 0.2) is 0 Å². The van der Waals surface area contributed by atoms with Gasteiger partial charge < -0.3 is 10.0 Å². The molecule has 118 valence electrons. The Morgan fingerprint density at radius 1 is 1.30 bits per heavy atom. The summed E-state index contributed by atoms with van der Waals surface area (Å²) >= 11 is 0. The summed E-state index contributed by atoms with van der Waals surface area (Å²) in [6.07, 6.45) is 3.57. The molecule has 1 N–H and O–H groups in total. The van der Waals surface area contributed by atoms with Gasteiger partial charge in [0.1, 0.15) is 0 Å². The maximum atomic E-state index is 12.8. The summed E-state index contributed by atoms with van der Waals surface area (Å²) in [5, 5.41) is 8.97. The standard InChI is InChI=1S/C19H19NO3/c1-5-6-16-17(12(2)3)13(4)11-20(18(16)21)15-9-7-14(8-10-15)19(22)23/h5-10H,2,4,11H2,1,3H3,(H,22,23)/b6-5-. The van der Waals surface area contributed by atoms with Crippen LogP contribution in [-0.4, -0.2) is 23.5 Å². The molecule has 0 aliphatic carbocycles. The SMILES string of the molecule is C=C(C)C1=C(/C=C\C)C(=O)N(c2ccc(C(=O)O)cc2)CC1=C. The molecular weight excluding hydrogens is 290 g/mol. The highest BCUT2D eigenvalue weighted by Crippen LogP contribution is 2.31. The molecule has 0 saturated carbocycles. The van der Waals surface area contributed by atoms with Crippen molar-refractivity contribution in [1.82, 2.24) is 0 Å². The molecule has 1 heterocycles. The average molecular weight is 309 g/mol. The van der Waals surface area contributed by atoms with Crippen molar-refractivity contribution in [3.8, 4) is 0 Å². The minimum Gasteiger partial charge on any atom is -0.478 e. The number of allylic oxidation sites excluding steroid dienone is 2. The van der Waals surface area contributed by atoms with Crippen LogP contribution in [0, 0.1) is 0 Å². The number of carboxylic acids is 1. The van der Waals surface area contributed by atoms with Crippen LogP contribution in [0.5, 0.6) is 0 Å². The summed E-state index contributed by atoms with van der Waals surface area (Å²) in [7, 11) is 0. The normalized spacial score (nSPS) is 15.5. The van der Waals surface area contributed by atoms with E-state index >= 15 is 0 Å². The first-order chi connectivity index (χ1) is 10.9. The molecule has 23 heavy (non-hydrogen) atoms. The molecule has 1 amide bonds. The zero-order valence-electron chi connectivity index (χ0n) is 13.3. The second kappa shape index (κ2) is 6.48. The molecule has 1 aliphatic heterocycles. The van der Waals surface area contributed by atoms with Crippen molar-refractivity contribution >= 4 is 17.6 Å². The van der Waals surface area contributed by atoms with Crippen molar-refractivity contribution in [2.45, 2.75) is 13.8 Å². The van der Waals surface area contributed by atoms with E-state index < -0.39 is 5.97 Å². The summed E-state index contributed by atoms with van der Waals surface area (Å²) in [5.74, 6) is -1.14. The van der Waals surface area contributed by atoms with E-state index in [1.165, 1.54) is 12.1 Å².